The largest absolute Gasteiger partial charge is 0.370 e. The molecular weight excluding hydrogens is 484 g/mol. The number of anilines is 2. The van der Waals surface area contributed by atoms with Gasteiger partial charge in [0.25, 0.3) is 5.91 Å². The van der Waals surface area contributed by atoms with Crippen molar-refractivity contribution in [2.75, 3.05) is 16.8 Å². The van der Waals surface area contributed by atoms with Crippen LogP contribution < -0.4 is 21.7 Å². The van der Waals surface area contributed by atoms with E-state index in [0.717, 1.165) is 22.4 Å². The number of aliphatic imine (C=N–C) groups is 1. The fourth-order valence-electron chi connectivity index (χ4n) is 4.39. The summed E-state index contributed by atoms with van der Waals surface area (Å²) in [4.78, 5) is 36.2. The van der Waals surface area contributed by atoms with Crippen LogP contribution in [0.2, 0.25) is 0 Å². The van der Waals surface area contributed by atoms with E-state index in [4.69, 9.17) is 11.5 Å². The molecule has 5 N–H and O–H groups in total. The number of hydrogen-bond donors (Lipinski definition) is 3. The average Bonchev–Trinajstić information content (AvgIpc) is 3.50. The number of nitrogens with one attached hydrogen (secondary N) is 1. The first-order valence-electron chi connectivity index (χ1n) is 11.8. The number of nitrogens with two attached hydrogens (primary N) is 2. The monoisotopic (exact) mass is 510 g/mol. The van der Waals surface area contributed by atoms with Crippen LogP contribution in [0.3, 0.4) is 0 Å². The maximum Gasteiger partial charge on any atom is 0.256 e. The van der Waals surface area contributed by atoms with Crippen LogP contribution in [-0.4, -0.2) is 29.3 Å². The van der Waals surface area contributed by atoms with E-state index in [1.54, 1.807) is 10.3 Å². The van der Waals surface area contributed by atoms with Crippen LogP contribution in [0.5, 0.6) is 0 Å². The predicted octanol–water partition coefficient (Wildman–Crippen LogP) is 4.41. The lowest BCUT2D eigenvalue weighted by Crippen LogP contribution is -2.30. The Kier molecular flexibility index (Phi) is 6.70. The molecule has 0 unspecified atom stereocenters. The van der Waals surface area contributed by atoms with Crippen LogP contribution >= 0.6 is 11.3 Å². The first-order chi connectivity index (χ1) is 17.9. The summed E-state index contributed by atoms with van der Waals surface area (Å²) in [6.45, 7) is 2.61. The fourth-order valence-corrected chi connectivity index (χ4v) is 5.10. The predicted molar refractivity (Wildman–Crippen MR) is 148 cm³/mol. The van der Waals surface area contributed by atoms with Gasteiger partial charge in [-0.25, -0.2) is 4.98 Å². The van der Waals surface area contributed by atoms with Gasteiger partial charge < -0.3 is 21.7 Å². The molecule has 0 saturated heterocycles. The van der Waals surface area contributed by atoms with E-state index in [2.05, 4.69) is 15.3 Å². The molecule has 2 heterocycles. The van der Waals surface area contributed by atoms with Gasteiger partial charge in [0.2, 0.25) is 11.0 Å². The summed E-state index contributed by atoms with van der Waals surface area (Å²) in [6, 6.07) is 21.3. The average molecular weight is 511 g/mol. The quantitative estimate of drug-likeness (QED) is 0.262. The summed E-state index contributed by atoms with van der Waals surface area (Å²) >= 11 is 1.28. The van der Waals surface area contributed by atoms with Crippen LogP contribution in [0, 0.1) is 6.92 Å². The van der Waals surface area contributed by atoms with Crippen LogP contribution in [0.15, 0.2) is 77.1 Å². The molecule has 0 spiro atoms. The minimum atomic E-state index is -0.179. The molecule has 2 amide bonds. The van der Waals surface area contributed by atoms with Crippen molar-refractivity contribution >= 4 is 45.6 Å². The molecule has 186 valence electrons. The third-order valence-electron chi connectivity index (χ3n) is 6.16. The zero-order chi connectivity index (χ0) is 25.9. The number of amides is 2. The second-order valence-electron chi connectivity index (χ2n) is 8.84. The first-order valence-corrected chi connectivity index (χ1v) is 12.7. The molecular formula is C28H26N6O2S. The highest BCUT2D eigenvalue weighted by Crippen LogP contribution is 2.32. The van der Waals surface area contributed by atoms with Crippen LogP contribution in [0.4, 0.5) is 16.5 Å². The number of hydrogen-bond acceptors (Lipinski definition) is 5. The van der Waals surface area contributed by atoms with Crippen LogP contribution in [0.25, 0.3) is 11.1 Å². The molecule has 9 heteroatoms. The lowest BCUT2D eigenvalue weighted by Gasteiger charge is -2.17. The number of carbonyl (C=O) groups excluding carboxylic acids is 2. The summed E-state index contributed by atoms with van der Waals surface area (Å²) in [5.41, 5.74) is 17.6. The van der Waals surface area contributed by atoms with Crippen molar-refractivity contribution in [3.8, 4) is 11.1 Å². The van der Waals surface area contributed by atoms with Gasteiger partial charge in [-0.05, 0) is 54.3 Å². The van der Waals surface area contributed by atoms with Gasteiger partial charge in [-0.2, -0.15) is 4.99 Å². The molecule has 37 heavy (non-hydrogen) atoms. The van der Waals surface area contributed by atoms with Crippen LogP contribution in [0.1, 0.15) is 27.2 Å². The molecule has 0 radical (unpaired) electrons. The molecule has 0 fully saturated rings. The number of carbonyl (C=O) groups is 2. The topological polar surface area (TPSA) is 127 Å². The fraction of sp³-hybridized carbons (Fsp3) is 0.143. The van der Waals surface area contributed by atoms with E-state index < -0.39 is 0 Å². The van der Waals surface area contributed by atoms with Gasteiger partial charge in [0, 0.05) is 28.9 Å². The molecule has 8 nitrogen and oxygen atoms in total. The smallest absolute Gasteiger partial charge is 0.256 e. The molecule has 0 atom stereocenters. The summed E-state index contributed by atoms with van der Waals surface area (Å²) in [5.74, 6) is -0.298. The van der Waals surface area contributed by atoms with Gasteiger partial charge in [0.1, 0.15) is 0 Å². The van der Waals surface area contributed by atoms with Gasteiger partial charge >= 0.3 is 0 Å². The lowest BCUT2D eigenvalue weighted by molar-refractivity contribution is -0.117. The molecule has 1 aliphatic rings. The standard InChI is InChI=1S/C28H26N6O2S/c1-17-6-8-18(9-7-17)22-4-2-3-5-23(22)26(36)31-20-10-11-24-19(14-20)12-13-34(24)25(35)15-21-16-37-28(32-21)33-27(29)30/h2-11,14,16H,12-13,15H2,1H3,(H,31,36)(H4,29,30,32,33). The Bertz CT molecular complexity index is 1510. The number of rotatable bonds is 6. The normalized spacial score (nSPS) is 12.2. The molecule has 4 aromatic rings. The molecule has 0 bridgehead atoms. The maximum atomic E-state index is 13.2. The maximum absolute atomic E-state index is 13.2. The van der Waals surface area contributed by atoms with Crippen molar-refractivity contribution in [1.29, 1.82) is 0 Å². The number of aryl methyl sites for hydroxylation is 1. The van der Waals surface area contributed by atoms with Gasteiger partial charge in [0.15, 0.2) is 5.96 Å². The van der Waals surface area contributed by atoms with Gasteiger partial charge in [0.05, 0.1) is 12.1 Å². The summed E-state index contributed by atoms with van der Waals surface area (Å²) in [5, 5.41) is 5.23. The summed E-state index contributed by atoms with van der Waals surface area (Å²) < 4.78 is 0. The lowest BCUT2D eigenvalue weighted by atomic mass is 9.98. The number of nitrogens with zero attached hydrogens (tertiary/aromatic N) is 3. The molecule has 0 aliphatic carbocycles. The van der Waals surface area contributed by atoms with Crippen molar-refractivity contribution in [3.05, 3.63) is 94.5 Å². The third kappa shape index (κ3) is 5.36. The van der Waals surface area contributed by atoms with E-state index >= 15 is 0 Å². The molecule has 0 saturated carbocycles. The van der Waals surface area contributed by atoms with Crippen molar-refractivity contribution in [3.63, 3.8) is 0 Å². The third-order valence-corrected chi connectivity index (χ3v) is 6.95. The van der Waals surface area contributed by atoms with E-state index in [9.17, 15) is 9.59 Å². The van der Waals surface area contributed by atoms with E-state index in [1.807, 2.05) is 73.7 Å². The highest BCUT2D eigenvalue weighted by molar-refractivity contribution is 7.13. The van der Waals surface area contributed by atoms with Gasteiger partial charge in [-0.15, -0.1) is 11.3 Å². The number of guanidine groups is 1. The Morgan fingerprint density at radius 1 is 1.08 bits per heavy atom. The number of benzene rings is 3. The van der Waals surface area contributed by atoms with Crippen LogP contribution in [-0.2, 0) is 17.6 Å². The Morgan fingerprint density at radius 2 is 1.86 bits per heavy atom. The number of thiazole rings is 1. The van der Waals surface area contributed by atoms with E-state index in [0.29, 0.717) is 35.0 Å². The molecule has 1 aromatic heterocycles. The SMILES string of the molecule is Cc1ccc(-c2ccccc2C(=O)Nc2ccc3c(c2)CCN3C(=O)Cc2csc(N=C(N)N)n2)cc1. The Labute approximate surface area is 218 Å². The van der Waals surface area contributed by atoms with Gasteiger partial charge in [-0.3, -0.25) is 9.59 Å². The highest BCUT2D eigenvalue weighted by atomic mass is 32.1. The second-order valence-corrected chi connectivity index (χ2v) is 9.68. The molecule has 3 aromatic carbocycles. The Hall–Kier alpha value is -4.50. The van der Waals surface area contributed by atoms with Crippen molar-refractivity contribution in [2.45, 2.75) is 19.8 Å². The minimum absolute atomic E-state index is 0.0517. The Morgan fingerprint density at radius 3 is 2.65 bits per heavy atom. The van der Waals surface area contributed by atoms with Crippen molar-refractivity contribution in [2.24, 2.45) is 16.5 Å². The molecule has 5 rings (SSSR count). The van der Waals surface area contributed by atoms with Crippen molar-refractivity contribution < 1.29 is 9.59 Å². The minimum Gasteiger partial charge on any atom is -0.370 e. The second kappa shape index (κ2) is 10.2. The zero-order valence-corrected chi connectivity index (χ0v) is 21.1. The highest BCUT2D eigenvalue weighted by Gasteiger charge is 2.26. The summed E-state index contributed by atoms with van der Waals surface area (Å²) in [7, 11) is 0. The summed E-state index contributed by atoms with van der Waals surface area (Å²) in [6.07, 6.45) is 0.866. The zero-order valence-electron chi connectivity index (χ0n) is 20.3. The first kappa shape index (κ1) is 24.2. The molecule has 1 aliphatic heterocycles. The van der Waals surface area contributed by atoms with E-state index in [1.165, 1.54) is 16.9 Å². The van der Waals surface area contributed by atoms with E-state index in [-0.39, 0.29) is 24.2 Å². The van der Waals surface area contributed by atoms with Crippen molar-refractivity contribution in [1.82, 2.24) is 4.98 Å². The Balaban J connectivity index is 1.30. The van der Waals surface area contributed by atoms with Gasteiger partial charge in [-0.1, -0.05) is 48.0 Å². The number of fused-ring (bicyclic) bond motifs is 1. The number of aromatic nitrogens is 1.